The second kappa shape index (κ2) is 2.88. The van der Waals surface area contributed by atoms with E-state index in [1.807, 2.05) is 12.1 Å². The van der Waals surface area contributed by atoms with Gasteiger partial charge in [-0.15, -0.1) is 0 Å². The smallest absolute Gasteiger partial charge is 0.306 e. The number of benzene rings is 1. The Balaban J connectivity index is 2.97. The molecule has 2 N–H and O–H groups in total. The van der Waals surface area contributed by atoms with Crippen LogP contribution in [0.25, 0.3) is 11.0 Å². The van der Waals surface area contributed by atoms with Crippen LogP contribution in [0.4, 0.5) is 0 Å². The molecule has 0 aliphatic rings. The van der Waals surface area contributed by atoms with Gasteiger partial charge in [0.05, 0.1) is 11.0 Å². The van der Waals surface area contributed by atoms with E-state index in [0.717, 1.165) is 19.1 Å². The first-order chi connectivity index (χ1) is 5.66. The fraction of sp³-hybridized carbons (Fsp3) is 0. The number of hydrogen-bond acceptors (Lipinski definition) is 1. The van der Waals surface area contributed by atoms with E-state index in [0.29, 0.717) is 0 Å². The molecule has 1 heterocycles. The molecule has 0 fully saturated rings. The van der Waals surface area contributed by atoms with Crippen molar-refractivity contribution in [3.05, 3.63) is 30.7 Å². The molecular formula is C7H4BrIN2O. The van der Waals surface area contributed by atoms with Gasteiger partial charge in [0, 0.05) is 8.04 Å². The summed E-state index contributed by atoms with van der Waals surface area (Å²) in [6.07, 6.45) is 0. The van der Waals surface area contributed by atoms with Crippen LogP contribution in [0.5, 0.6) is 0 Å². The molecule has 0 aliphatic carbocycles. The van der Waals surface area contributed by atoms with Crippen LogP contribution >= 0.6 is 38.5 Å². The van der Waals surface area contributed by atoms with Crippen LogP contribution in [0.15, 0.2) is 21.4 Å². The van der Waals surface area contributed by atoms with Gasteiger partial charge >= 0.3 is 5.69 Å². The van der Waals surface area contributed by atoms with E-state index in [4.69, 9.17) is 0 Å². The number of halogens is 2. The molecule has 12 heavy (non-hydrogen) atoms. The SMILES string of the molecule is O=c1[nH]c2cc(Br)cc(I)c2[nH]1. The van der Waals surface area contributed by atoms with Gasteiger partial charge in [0.2, 0.25) is 0 Å². The minimum Gasteiger partial charge on any atom is -0.306 e. The van der Waals surface area contributed by atoms with Gasteiger partial charge in [-0.3, -0.25) is 0 Å². The first-order valence-electron chi connectivity index (χ1n) is 3.24. The average molecular weight is 339 g/mol. The van der Waals surface area contributed by atoms with Gasteiger partial charge in [-0.05, 0) is 34.7 Å². The number of imidazole rings is 1. The van der Waals surface area contributed by atoms with Crippen molar-refractivity contribution >= 4 is 49.6 Å². The van der Waals surface area contributed by atoms with Crippen LogP contribution in [-0.2, 0) is 0 Å². The molecule has 1 aromatic carbocycles. The summed E-state index contributed by atoms with van der Waals surface area (Å²) in [5, 5.41) is 0. The highest BCUT2D eigenvalue weighted by Crippen LogP contribution is 2.21. The molecule has 0 amide bonds. The van der Waals surface area contributed by atoms with Crippen molar-refractivity contribution in [3.8, 4) is 0 Å². The molecular weight excluding hydrogens is 335 g/mol. The summed E-state index contributed by atoms with van der Waals surface area (Å²) in [5.41, 5.74) is 1.53. The fourth-order valence-electron chi connectivity index (χ4n) is 1.07. The number of H-pyrrole nitrogens is 2. The predicted molar refractivity (Wildman–Crippen MR) is 59.3 cm³/mol. The number of nitrogens with one attached hydrogen (secondary N) is 2. The summed E-state index contributed by atoms with van der Waals surface area (Å²) < 4.78 is 1.99. The lowest BCUT2D eigenvalue weighted by atomic mass is 10.3. The number of hydrogen-bond donors (Lipinski definition) is 2. The van der Waals surface area contributed by atoms with Crippen LogP contribution in [0.3, 0.4) is 0 Å². The zero-order valence-corrected chi connectivity index (χ0v) is 9.56. The molecule has 62 valence electrons. The first kappa shape index (κ1) is 8.31. The quantitative estimate of drug-likeness (QED) is 0.711. The van der Waals surface area contributed by atoms with E-state index in [2.05, 4.69) is 48.5 Å². The number of rotatable bonds is 0. The van der Waals surface area contributed by atoms with Gasteiger partial charge in [-0.25, -0.2) is 4.79 Å². The van der Waals surface area contributed by atoms with Gasteiger partial charge in [-0.2, -0.15) is 0 Å². The normalized spacial score (nSPS) is 10.8. The lowest BCUT2D eigenvalue weighted by Crippen LogP contribution is -1.99. The van der Waals surface area contributed by atoms with Crippen LogP contribution in [0.1, 0.15) is 0 Å². The standard InChI is InChI=1S/C7H4BrIN2O/c8-3-1-4(9)6-5(2-3)10-7(12)11-6/h1-2H,(H2,10,11,12). The van der Waals surface area contributed by atoms with Crippen LogP contribution in [0.2, 0.25) is 0 Å². The Morgan fingerprint density at radius 3 is 2.83 bits per heavy atom. The van der Waals surface area contributed by atoms with Gasteiger partial charge in [-0.1, -0.05) is 15.9 Å². The third-order valence-electron chi connectivity index (χ3n) is 1.54. The topological polar surface area (TPSA) is 48.6 Å². The second-order valence-electron chi connectivity index (χ2n) is 2.39. The third-order valence-corrected chi connectivity index (χ3v) is 2.85. The van der Waals surface area contributed by atoms with Gasteiger partial charge in [0.15, 0.2) is 0 Å². The van der Waals surface area contributed by atoms with E-state index < -0.39 is 0 Å². The summed E-state index contributed by atoms with van der Waals surface area (Å²) in [6.45, 7) is 0. The molecule has 0 unspecified atom stereocenters. The lowest BCUT2D eigenvalue weighted by molar-refractivity contribution is 1.21. The molecule has 3 nitrogen and oxygen atoms in total. The zero-order valence-electron chi connectivity index (χ0n) is 5.82. The van der Waals surface area contributed by atoms with Crippen LogP contribution in [0, 0.1) is 3.57 Å². The van der Waals surface area contributed by atoms with Crippen molar-refractivity contribution in [1.29, 1.82) is 0 Å². The van der Waals surface area contributed by atoms with Crippen molar-refractivity contribution in [1.82, 2.24) is 9.97 Å². The molecule has 0 aliphatic heterocycles. The van der Waals surface area contributed by atoms with Crippen molar-refractivity contribution < 1.29 is 0 Å². The molecule has 0 radical (unpaired) electrons. The molecule has 0 saturated heterocycles. The summed E-state index contributed by atoms with van der Waals surface area (Å²) in [4.78, 5) is 16.3. The van der Waals surface area contributed by atoms with E-state index in [9.17, 15) is 4.79 Å². The van der Waals surface area contributed by atoms with Crippen LogP contribution < -0.4 is 5.69 Å². The minimum absolute atomic E-state index is 0.166. The Hall–Kier alpha value is -0.300. The highest BCUT2D eigenvalue weighted by molar-refractivity contribution is 14.1. The highest BCUT2D eigenvalue weighted by atomic mass is 127. The van der Waals surface area contributed by atoms with Crippen molar-refractivity contribution in [2.75, 3.05) is 0 Å². The maximum absolute atomic E-state index is 10.9. The van der Waals surface area contributed by atoms with Gasteiger partial charge in [0.25, 0.3) is 0 Å². The lowest BCUT2D eigenvalue weighted by Gasteiger charge is -1.93. The summed E-state index contributed by atoms with van der Waals surface area (Å²) in [7, 11) is 0. The maximum atomic E-state index is 10.9. The van der Waals surface area contributed by atoms with E-state index in [1.54, 1.807) is 0 Å². The van der Waals surface area contributed by atoms with Crippen molar-refractivity contribution in [2.24, 2.45) is 0 Å². The monoisotopic (exact) mass is 338 g/mol. The van der Waals surface area contributed by atoms with Gasteiger partial charge in [0.1, 0.15) is 0 Å². The van der Waals surface area contributed by atoms with Crippen LogP contribution in [-0.4, -0.2) is 9.97 Å². The molecule has 2 aromatic rings. The molecule has 0 spiro atoms. The predicted octanol–water partition coefficient (Wildman–Crippen LogP) is 2.22. The van der Waals surface area contributed by atoms with Crippen molar-refractivity contribution in [3.63, 3.8) is 0 Å². The van der Waals surface area contributed by atoms with Gasteiger partial charge < -0.3 is 9.97 Å². The second-order valence-corrected chi connectivity index (χ2v) is 4.47. The Bertz CT molecular complexity index is 488. The molecule has 5 heteroatoms. The zero-order chi connectivity index (χ0) is 8.72. The van der Waals surface area contributed by atoms with E-state index in [1.165, 1.54) is 0 Å². The third kappa shape index (κ3) is 1.31. The first-order valence-corrected chi connectivity index (χ1v) is 5.11. The van der Waals surface area contributed by atoms with E-state index in [-0.39, 0.29) is 5.69 Å². The summed E-state index contributed by atoms with van der Waals surface area (Å²) in [6, 6.07) is 3.82. The molecule has 0 saturated carbocycles. The molecule has 0 atom stereocenters. The summed E-state index contributed by atoms with van der Waals surface area (Å²) >= 11 is 5.53. The largest absolute Gasteiger partial charge is 0.323 e. The maximum Gasteiger partial charge on any atom is 0.323 e. The Kier molecular flexibility index (Phi) is 1.99. The number of aromatic amines is 2. The fourth-order valence-corrected chi connectivity index (χ4v) is 2.71. The minimum atomic E-state index is -0.166. The Morgan fingerprint density at radius 2 is 2.08 bits per heavy atom. The number of aromatic nitrogens is 2. The summed E-state index contributed by atoms with van der Waals surface area (Å²) in [5.74, 6) is 0. The molecule has 2 rings (SSSR count). The highest BCUT2D eigenvalue weighted by Gasteiger charge is 2.02. The van der Waals surface area contributed by atoms with Crippen molar-refractivity contribution in [2.45, 2.75) is 0 Å². The molecule has 0 bridgehead atoms. The van der Waals surface area contributed by atoms with E-state index >= 15 is 0 Å². The Morgan fingerprint density at radius 1 is 1.33 bits per heavy atom. The Labute approximate surface area is 89.8 Å². The average Bonchev–Trinajstić information content (AvgIpc) is 2.29. The molecule has 1 aromatic heterocycles. The number of fused-ring (bicyclic) bond motifs is 1.